The summed E-state index contributed by atoms with van der Waals surface area (Å²) in [5.74, 6) is -0.211. The Balaban J connectivity index is 1.70. The van der Waals surface area contributed by atoms with Gasteiger partial charge in [0.05, 0.1) is 6.54 Å². The van der Waals surface area contributed by atoms with E-state index in [4.69, 9.17) is 9.94 Å². The maximum absolute atomic E-state index is 11.7. The number of hydrogen-bond acceptors (Lipinski definition) is 4. The minimum Gasteiger partial charge on any atom is -0.492 e. The van der Waals surface area contributed by atoms with Crippen molar-refractivity contribution in [2.75, 3.05) is 13.2 Å². The van der Waals surface area contributed by atoms with Crippen molar-refractivity contribution >= 4 is 17.9 Å². The summed E-state index contributed by atoms with van der Waals surface area (Å²) in [5.41, 5.74) is 4.01. The molecule has 0 aromatic heterocycles. The lowest BCUT2D eigenvalue weighted by atomic mass is 10.1. The highest BCUT2D eigenvalue weighted by Crippen LogP contribution is 2.11. The standard InChI is InChI=1S/C19H20N2O4/c1-14-2-4-15(5-3-14)6-11-18(22)20-12-13-25-17-9-7-16(8-10-17)19(23)21-24/h2-11,24H,12-13H2,1H3,(H,20,22)(H,21,23)/b11-6+. The number of nitrogens with one attached hydrogen (secondary N) is 2. The SMILES string of the molecule is Cc1ccc(/C=C/C(=O)NCCOc2ccc(C(=O)NO)cc2)cc1. The smallest absolute Gasteiger partial charge is 0.274 e. The summed E-state index contributed by atoms with van der Waals surface area (Å²) in [7, 11) is 0. The highest BCUT2D eigenvalue weighted by Gasteiger charge is 2.03. The van der Waals surface area contributed by atoms with Gasteiger partial charge in [0.25, 0.3) is 5.91 Å². The zero-order valence-electron chi connectivity index (χ0n) is 13.9. The lowest BCUT2D eigenvalue weighted by Gasteiger charge is -2.07. The number of amides is 2. The summed E-state index contributed by atoms with van der Waals surface area (Å²) >= 11 is 0. The average Bonchev–Trinajstić information content (AvgIpc) is 2.64. The lowest BCUT2D eigenvalue weighted by Crippen LogP contribution is -2.26. The zero-order chi connectivity index (χ0) is 18.1. The van der Waals surface area contributed by atoms with E-state index in [9.17, 15) is 9.59 Å². The van der Waals surface area contributed by atoms with E-state index in [0.717, 1.165) is 5.56 Å². The Bertz CT molecular complexity index is 737. The number of rotatable bonds is 7. The molecular weight excluding hydrogens is 320 g/mol. The van der Waals surface area contributed by atoms with Gasteiger partial charge in [0.15, 0.2) is 0 Å². The fourth-order valence-electron chi connectivity index (χ4n) is 2.02. The third kappa shape index (κ3) is 6.12. The first-order chi connectivity index (χ1) is 12.1. The number of aryl methyl sites for hydroxylation is 1. The number of benzene rings is 2. The van der Waals surface area contributed by atoms with E-state index in [1.54, 1.807) is 23.7 Å². The van der Waals surface area contributed by atoms with E-state index < -0.39 is 5.91 Å². The van der Waals surface area contributed by atoms with E-state index in [1.807, 2.05) is 31.2 Å². The van der Waals surface area contributed by atoms with Crippen molar-refractivity contribution in [2.45, 2.75) is 6.92 Å². The summed E-state index contributed by atoms with van der Waals surface area (Å²) in [4.78, 5) is 22.9. The number of hydroxylamine groups is 1. The first kappa shape index (κ1) is 18.2. The Kier molecular flexibility index (Phi) is 6.74. The number of carbonyl (C=O) groups is 2. The molecule has 0 radical (unpaired) electrons. The Labute approximate surface area is 146 Å². The van der Waals surface area contributed by atoms with Gasteiger partial charge in [0.2, 0.25) is 5.91 Å². The van der Waals surface area contributed by atoms with Crippen molar-refractivity contribution in [3.63, 3.8) is 0 Å². The second-order valence-electron chi connectivity index (χ2n) is 5.35. The van der Waals surface area contributed by atoms with Crippen LogP contribution >= 0.6 is 0 Å². The van der Waals surface area contributed by atoms with Crippen LogP contribution in [-0.2, 0) is 4.79 Å². The van der Waals surface area contributed by atoms with Crippen LogP contribution in [0.4, 0.5) is 0 Å². The van der Waals surface area contributed by atoms with Crippen molar-refractivity contribution in [2.24, 2.45) is 0 Å². The average molecular weight is 340 g/mol. The molecule has 0 bridgehead atoms. The van der Waals surface area contributed by atoms with E-state index in [-0.39, 0.29) is 5.91 Å². The molecule has 6 heteroatoms. The van der Waals surface area contributed by atoms with E-state index in [0.29, 0.717) is 24.5 Å². The van der Waals surface area contributed by atoms with Crippen molar-refractivity contribution in [1.82, 2.24) is 10.8 Å². The van der Waals surface area contributed by atoms with Crippen molar-refractivity contribution in [3.05, 3.63) is 71.3 Å². The summed E-state index contributed by atoms with van der Waals surface area (Å²) < 4.78 is 5.47. The molecule has 0 unspecified atom stereocenters. The van der Waals surface area contributed by atoms with Gasteiger partial charge in [0.1, 0.15) is 12.4 Å². The quantitative estimate of drug-likeness (QED) is 0.312. The summed E-state index contributed by atoms with van der Waals surface area (Å²) in [6.45, 7) is 2.67. The van der Waals surface area contributed by atoms with E-state index in [1.165, 1.54) is 23.8 Å². The Morgan fingerprint density at radius 3 is 2.40 bits per heavy atom. The van der Waals surface area contributed by atoms with Crippen molar-refractivity contribution in [1.29, 1.82) is 0 Å². The lowest BCUT2D eigenvalue weighted by molar-refractivity contribution is -0.116. The summed E-state index contributed by atoms with van der Waals surface area (Å²) in [6.07, 6.45) is 3.23. The van der Waals surface area contributed by atoms with Crippen LogP contribution in [0.25, 0.3) is 6.08 Å². The fourth-order valence-corrected chi connectivity index (χ4v) is 2.02. The van der Waals surface area contributed by atoms with Gasteiger partial charge in [-0.1, -0.05) is 29.8 Å². The molecule has 2 aromatic carbocycles. The highest BCUT2D eigenvalue weighted by molar-refractivity contribution is 5.93. The first-order valence-corrected chi connectivity index (χ1v) is 7.78. The van der Waals surface area contributed by atoms with Gasteiger partial charge in [-0.3, -0.25) is 14.8 Å². The van der Waals surface area contributed by atoms with Crippen LogP contribution in [0.15, 0.2) is 54.6 Å². The minimum atomic E-state index is -0.584. The maximum Gasteiger partial charge on any atom is 0.274 e. The normalized spacial score (nSPS) is 10.5. The largest absolute Gasteiger partial charge is 0.492 e. The van der Waals surface area contributed by atoms with Crippen LogP contribution in [0, 0.1) is 6.92 Å². The second-order valence-corrected chi connectivity index (χ2v) is 5.35. The molecule has 0 atom stereocenters. The summed E-state index contributed by atoms with van der Waals surface area (Å²) in [5, 5.41) is 11.3. The molecule has 130 valence electrons. The van der Waals surface area contributed by atoms with Gasteiger partial charge in [0, 0.05) is 11.6 Å². The Morgan fingerprint density at radius 1 is 1.08 bits per heavy atom. The minimum absolute atomic E-state index is 0.195. The zero-order valence-corrected chi connectivity index (χ0v) is 13.9. The van der Waals surface area contributed by atoms with Crippen LogP contribution in [0.3, 0.4) is 0 Å². The maximum atomic E-state index is 11.7. The van der Waals surface area contributed by atoms with E-state index >= 15 is 0 Å². The molecule has 0 saturated carbocycles. The van der Waals surface area contributed by atoms with Crippen LogP contribution in [0.5, 0.6) is 5.75 Å². The van der Waals surface area contributed by atoms with Gasteiger partial charge < -0.3 is 10.1 Å². The van der Waals surface area contributed by atoms with Crippen molar-refractivity contribution in [3.8, 4) is 5.75 Å². The molecule has 0 aliphatic carbocycles. The molecule has 3 N–H and O–H groups in total. The Hall–Kier alpha value is -3.12. The molecular formula is C19H20N2O4. The predicted molar refractivity (Wildman–Crippen MR) is 94.4 cm³/mol. The topological polar surface area (TPSA) is 87.7 Å². The molecule has 25 heavy (non-hydrogen) atoms. The van der Waals surface area contributed by atoms with E-state index in [2.05, 4.69) is 5.32 Å². The molecule has 2 aromatic rings. The molecule has 0 saturated heterocycles. The van der Waals surface area contributed by atoms with Gasteiger partial charge in [-0.25, -0.2) is 5.48 Å². The third-order valence-corrected chi connectivity index (χ3v) is 3.39. The molecule has 2 amide bonds. The first-order valence-electron chi connectivity index (χ1n) is 7.78. The van der Waals surface area contributed by atoms with Crippen LogP contribution in [0.2, 0.25) is 0 Å². The van der Waals surface area contributed by atoms with Crippen LogP contribution < -0.4 is 15.5 Å². The Morgan fingerprint density at radius 2 is 1.76 bits per heavy atom. The van der Waals surface area contributed by atoms with Gasteiger partial charge in [-0.15, -0.1) is 0 Å². The predicted octanol–water partition coefficient (Wildman–Crippen LogP) is 2.32. The molecule has 0 heterocycles. The molecule has 0 aliphatic heterocycles. The molecule has 0 aliphatic rings. The van der Waals surface area contributed by atoms with Gasteiger partial charge >= 0.3 is 0 Å². The molecule has 0 fully saturated rings. The fraction of sp³-hybridized carbons (Fsp3) is 0.158. The molecule has 0 spiro atoms. The number of carbonyl (C=O) groups excluding carboxylic acids is 2. The number of hydrogen-bond donors (Lipinski definition) is 3. The highest BCUT2D eigenvalue weighted by atomic mass is 16.5. The molecule has 2 rings (SSSR count). The monoisotopic (exact) mass is 340 g/mol. The third-order valence-electron chi connectivity index (χ3n) is 3.39. The van der Waals surface area contributed by atoms with Crippen LogP contribution in [0.1, 0.15) is 21.5 Å². The number of ether oxygens (including phenoxy) is 1. The van der Waals surface area contributed by atoms with Crippen molar-refractivity contribution < 1.29 is 19.5 Å². The van der Waals surface area contributed by atoms with Gasteiger partial charge in [-0.2, -0.15) is 0 Å². The molecule has 6 nitrogen and oxygen atoms in total. The van der Waals surface area contributed by atoms with Crippen LogP contribution in [-0.4, -0.2) is 30.2 Å². The summed E-state index contributed by atoms with van der Waals surface area (Å²) in [6, 6.07) is 14.2. The second kappa shape index (κ2) is 9.24. The van der Waals surface area contributed by atoms with Gasteiger partial charge in [-0.05, 0) is 42.8 Å².